The normalized spacial score (nSPS) is 17.9. The summed E-state index contributed by atoms with van der Waals surface area (Å²) in [4.78, 5) is 16.3. The van der Waals surface area contributed by atoms with Crippen LogP contribution < -0.4 is 9.64 Å². The molecule has 0 aromatic heterocycles. The van der Waals surface area contributed by atoms with E-state index in [1.165, 1.54) is 0 Å². The van der Waals surface area contributed by atoms with Crippen molar-refractivity contribution in [3.05, 3.63) is 34.7 Å². The van der Waals surface area contributed by atoms with Gasteiger partial charge in [0.1, 0.15) is 12.4 Å². The van der Waals surface area contributed by atoms with Crippen LogP contribution in [-0.4, -0.2) is 37.3 Å². The predicted molar refractivity (Wildman–Crippen MR) is 73.5 cm³/mol. The van der Waals surface area contributed by atoms with Crippen LogP contribution >= 0.6 is 0 Å². The Hall–Kier alpha value is -2.24. The Labute approximate surface area is 116 Å². The van der Waals surface area contributed by atoms with E-state index in [2.05, 4.69) is 10.0 Å². The number of rotatable bonds is 6. The Morgan fingerprint density at radius 2 is 2.20 bits per heavy atom. The Morgan fingerprint density at radius 3 is 2.85 bits per heavy atom. The van der Waals surface area contributed by atoms with Gasteiger partial charge >= 0.3 is 0 Å². The highest BCUT2D eigenvalue weighted by molar-refractivity contribution is 5.95. The summed E-state index contributed by atoms with van der Waals surface area (Å²) < 4.78 is 5.27. The zero-order valence-electron chi connectivity index (χ0n) is 11.0. The Morgan fingerprint density at radius 1 is 1.45 bits per heavy atom. The number of aliphatic hydroxyl groups excluding tert-OH is 1. The van der Waals surface area contributed by atoms with Gasteiger partial charge in [-0.1, -0.05) is 5.11 Å². The lowest BCUT2D eigenvalue weighted by molar-refractivity contribution is -0.117. The molecule has 20 heavy (non-hydrogen) atoms. The van der Waals surface area contributed by atoms with Gasteiger partial charge in [-0.25, -0.2) is 0 Å². The van der Waals surface area contributed by atoms with Gasteiger partial charge in [-0.2, -0.15) is 0 Å². The molecule has 0 spiro atoms. The lowest BCUT2D eigenvalue weighted by atomic mass is 10.1. The number of aliphatic hydroxyl groups is 1. The molecular formula is C13H16N4O3. The monoisotopic (exact) mass is 276 g/mol. The highest BCUT2D eigenvalue weighted by Crippen LogP contribution is 2.27. The SMILES string of the molecule is [N-]=[N+]=NCC1CC(=O)N(c2ccc(OCCO)cc2)C1. The Kier molecular flexibility index (Phi) is 4.81. The van der Waals surface area contributed by atoms with Crippen LogP contribution in [0.5, 0.6) is 5.75 Å². The van der Waals surface area contributed by atoms with Crippen LogP contribution in [0.25, 0.3) is 10.4 Å². The van der Waals surface area contributed by atoms with E-state index in [4.69, 9.17) is 15.4 Å². The summed E-state index contributed by atoms with van der Waals surface area (Å²) >= 11 is 0. The second kappa shape index (κ2) is 6.79. The smallest absolute Gasteiger partial charge is 0.227 e. The molecule has 1 fully saturated rings. The molecule has 0 saturated carbocycles. The van der Waals surface area contributed by atoms with Gasteiger partial charge in [-0.3, -0.25) is 4.79 Å². The predicted octanol–water partition coefficient (Wildman–Crippen LogP) is 1.72. The van der Waals surface area contributed by atoms with Crippen molar-refractivity contribution in [3.8, 4) is 5.75 Å². The average molecular weight is 276 g/mol. The van der Waals surface area contributed by atoms with E-state index in [-0.39, 0.29) is 25.0 Å². The van der Waals surface area contributed by atoms with Gasteiger partial charge in [-0.15, -0.1) is 0 Å². The fourth-order valence-electron chi connectivity index (χ4n) is 2.19. The number of carbonyl (C=O) groups excluding carboxylic acids is 1. The molecule has 2 rings (SSSR count). The van der Waals surface area contributed by atoms with Gasteiger partial charge in [0.25, 0.3) is 0 Å². The average Bonchev–Trinajstić information content (AvgIpc) is 2.84. The maximum Gasteiger partial charge on any atom is 0.227 e. The number of hydrogen-bond acceptors (Lipinski definition) is 4. The second-order valence-corrected chi connectivity index (χ2v) is 4.55. The van der Waals surface area contributed by atoms with Crippen LogP contribution in [0.15, 0.2) is 29.4 Å². The van der Waals surface area contributed by atoms with Crippen molar-refractivity contribution in [2.24, 2.45) is 11.0 Å². The fraction of sp³-hybridized carbons (Fsp3) is 0.462. The highest BCUT2D eigenvalue weighted by atomic mass is 16.5. The van der Waals surface area contributed by atoms with Gasteiger partial charge in [0.2, 0.25) is 5.91 Å². The van der Waals surface area contributed by atoms with E-state index in [0.29, 0.717) is 25.3 Å². The molecule has 1 aromatic carbocycles. The third kappa shape index (κ3) is 3.40. The van der Waals surface area contributed by atoms with Crippen LogP contribution in [0, 0.1) is 5.92 Å². The highest BCUT2D eigenvalue weighted by Gasteiger charge is 2.29. The summed E-state index contributed by atoms with van der Waals surface area (Å²) in [5, 5.41) is 12.2. The van der Waals surface area contributed by atoms with Crippen LogP contribution in [0.1, 0.15) is 6.42 Å². The summed E-state index contributed by atoms with van der Waals surface area (Å²) in [6, 6.07) is 7.14. The van der Waals surface area contributed by atoms with Crippen molar-refractivity contribution in [1.82, 2.24) is 0 Å². The van der Waals surface area contributed by atoms with Gasteiger partial charge in [0.15, 0.2) is 0 Å². The van der Waals surface area contributed by atoms with E-state index >= 15 is 0 Å². The molecular weight excluding hydrogens is 260 g/mol. The van der Waals surface area contributed by atoms with Gasteiger partial charge < -0.3 is 14.7 Å². The molecule has 1 heterocycles. The summed E-state index contributed by atoms with van der Waals surface area (Å²) in [5.74, 6) is 0.760. The molecule has 1 saturated heterocycles. The van der Waals surface area contributed by atoms with Gasteiger partial charge in [0, 0.05) is 30.1 Å². The topological polar surface area (TPSA) is 98.5 Å². The van der Waals surface area contributed by atoms with Crippen molar-refractivity contribution in [2.75, 3.05) is 31.2 Å². The van der Waals surface area contributed by atoms with Crippen molar-refractivity contribution in [3.63, 3.8) is 0 Å². The maximum atomic E-state index is 11.9. The molecule has 7 nitrogen and oxygen atoms in total. The summed E-state index contributed by atoms with van der Waals surface area (Å²) in [6.45, 7) is 1.12. The van der Waals surface area contributed by atoms with Gasteiger partial charge in [0.05, 0.1) is 6.61 Å². The number of anilines is 1. The summed E-state index contributed by atoms with van der Waals surface area (Å²) in [5.41, 5.74) is 9.11. The van der Waals surface area contributed by atoms with Crippen molar-refractivity contribution in [2.45, 2.75) is 6.42 Å². The number of benzene rings is 1. The lowest BCUT2D eigenvalue weighted by Gasteiger charge is -2.17. The first-order valence-corrected chi connectivity index (χ1v) is 6.39. The Balaban J connectivity index is 2.00. The largest absolute Gasteiger partial charge is 0.491 e. The lowest BCUT2D eigenvalue weighted by Crippen LogP contribution is -2.24. The molecule has 7 heteroatoms. The summed E-state index contributed by atoms with van der Waals surface area (Å²) in [6.07, 6.45) is 0.405. The van der Waals surface area contributed by atoms with E-state index < -0.39 is 0 Å². The first-order chi connectivity index (χ1) is 9.74. The zero-order valence-corrected chi connectivity index (χ0v) is 11.0. The second-order valence-electron chi connectivity index (χ2n) is 4.55. The first kappa shape index (κ1) is 14.2. The molecule has 1 N–H and O–H groups in total. The van der Waals surface area contributed by atoms with Crippen molar-refractivity contribution < 1.29 is 14.6 Å². The number of carbonyl (C=O) groups is 1. The number of ether oxygens (including phenoxy) is 1. The molecule has 1 amide bonds. The summed E-state index contributed by atoms with van der Waals surface area (Å²) in [7, 11) is 0. The molecule has 1 aromatic rings. The third-order valence-electron chi connectivity index (χ3n) is 3.12. The van der Waals surface area contributed by atoms with E-state index in [1.807, 2.05) is 0 Å². The minimum Gasteiger partial charge on any atom is -0.491 e. The van der Waals surface area contributed by atoms with Crippen LogP contribution in [0.2, 0.25) is 0 Å². The maximum absolute atomic E-state index is 11.9. The molecule has 0 radical (unpaired) electrons. The number of azide groups is 1. The third-order valence-corrected chi connectivity index (χ3v) is 3.12. The van der Waals surface area contributed by atoms with E-state index in [9.17, 15) is 4.79 Å². The molecule has 106 valence electrons. The van der Waals surface area contributed by atoms with Crippen molar-refractivity contribution in [1.29, 1.82) is 0 Å². The molecule has 1 unspecified atom stereocenters. The molecule has 1 atom stereocenters. The Bertz CT molecular complexity index is 511. The van der Waals surface area contributed by atoms with Crippen LogP contribution in [0.3, 0.4) is 0 Å². The molecule has 0 aliphatic carbocycles. The molecule has 0 bridgehead atoms. The number of hydrogen-bond donors (Lipinski definition) is 1. The first-order valence-electron chi connectivity index (χ1n) is 6.39. The minimum absolute atomic E-state index is 0.0343. The molecule has 1 aliphatic heterocycles. The molecule has 1 aliphatic rings. The van der Waals surface area contributed by atoms with E-state index in [0.717, 1.165) is 5.69 Å². The van der Waals surface area contributed by atoms with Crippen LogP contribution in [-0.2, 0) is 4.79 Å². The fourth-order valence-corrected chi connectivity index (χ4v) is 2.19. The van der Waals surface area contributed by atoms with E-state index in [1.54, 1.807) is 29.2 Å². The number of nitrogens with zero attached hydrogens (tertiary/aromatic N) is 4. The quantitative estimate of drug-likeness (QED) is 0.486. The van der Waals surface area contributed by atoms with Crippen LogP contribution in [0.4, 0.5) is 5.69 Å². The minimum atomic E-state index is -0.0343. The standard InChI is InChI=1S/C13H16N4O3/c14-16-15-8-10-7-13(19)17(9-10)11-1-3-12(4-2-11)20-6-5-18/h1-4,10,18H,5-9H2. The van der Waals surface area contributed by atoms with Gasteiger partial charge in [-0.05, 0) is 35.7 Å². The number of amides is 1. The van der Waals surface area contributed by atoms with Crippen molar-refractivity contribution >= 4 is 11.6 Å². The zero-order chi connectivity index (χ0) is 14.4.